The first-order valence-electron chi connectivity index (χ1n) is 7.31. The van der Waals surface area contributed by atoms with Gasteiger partial charge in [0.25, 0.3) is 0 Å². The Morgan fingerprint density at radius 3 is 2.55 bits per heavy atom. The number of hydrogen-bond donors (Lipinski definition) is 1. The Kier molecular flexibility index (Phi) is 5.56. The number of nitrogens with one attached hydrogen (secondary N) is 1. The molecule has 4 heteroatoms. The normalized spacial score (nSPS) is 16.4. The molecule has 0 saturated carbocycles. The zero-order valence-electron chi connectivity index (χ0n) is 12.4. The number of carbonyl (C=O) groups is 1. The maximum Gasteiger partial charge on any atom is 0.222 e. The second-order valence-electron chi connectivity index (χ2n) is 5.53. The van der Waals surface area contributed by atoms with Crippen LogP contribution < -0.4 is 5.32 Å². The van der Waals surface area contributed by atoms with Gasteiger partial charge in [0.2, 0.25) is 5.91 Å². The highest BCUT2D eigenvalue weighted by Gasteiger charge is 2.13. The third-order valence-electron chi connectivity index (χ3n) is 3.59. The Bertz CT molecular complexity index is 440. The van der Waals surface area contributed by atoms with Gasteiger partial charge in [-0.25, -0.2) is 0 Å². The molecular formula is C16H24N2O2. The molecule has 1 aromatic rings. The van der Waals surface area contributed by atoms with E-state index in [4.69, 9.17) is 4.74 Å². The zero-order valence-corrected chi connectivity index (χ0v) is 12.4. The molecule has 0 bridgehead atoms. The Labute approximate surface area is 121 Å². The van der Waals surface area contributed by atoms with Crippen LogP contribution in [0.4, 0.5) is 0 Å². The van der Waals surface area contributed by atoms with Gasteiger partial charge < -0.3 is 10.1 Å². The molecule has 1 aliphatic heterocycles. The predicted octanol–water partition coefficient (Wildman–Crippen LogP) is 1.79. The van der Waals surface area contributed by atoms with Gasteiger partial charge in [0.1, 0.15) is 0 Å². The van der Waals surface area contributed by atoms with Crippen molar-refractivity contribution < 1.29 is 9.53 Å². The van der Waals surface area contributed by atoms with Crippen LogP contribution in [0.1, 0.15) is 25.0 Å². The molecule has 0 unspecified atom stereocenters. The fourth-order valence-electron chi connectivity index (χ4n) is 2.27. The lowest BCUT2D eigenvalue weighted by atomic mass is 10.1. The number of amides is 1. The van der Waals surface area contributed by atoms with E-state index >= 15 is 0 Å². The van der Waals surface area contributed by atoms with E-state index in [0.717, 1.165) is 32.8 Å². The van der Waals surface area contributed by atoms with Crippen molar-refractivity contribution in [3.8, 4) is 0 Å². The Morgan fingerprint density at radius 2 is 1.90 bits per heavy atom. The monoisotopic (exact) mass is 276 g/mol. The molecule has 1 amide bonds. The van der Waals surface area contributed by atoms with Crippen molar-refractivity contribution in [3.63, 3.8) is 0 Å². The first-order valence-corrected chi connectivity index (χ1v) is 7.31. The van der Waals surface area contributed by atoms with Crippen LogP contribution in [-0.4, -0.2) is 37.1 Å². The highest BCUT2D eigenvalue weighted by molar-refractivity contribution is 5.77. The Morgan fingerprint density at radius 1 is 1.25 bits per heavy atom. The van der Waals surface area contributed by atoms with E-state index in [1.165, 1.54) is 11.1 Å². The molecule has 0 radical (unpaired) electrons. The molecule has 1 N–H and O–H groups in total. The molecule has 0 atom stereocenters. The highest BCUT2D eigenvalue weighted by atomic mass is 16.5. The Hall–Kier alpha value is -1.39. The number of hydrogen-bond acceptors (Lipinski definition) is 3. The maximum absolute atomic E-state index is 11.7. The summed E-state index contributed by atoms with van der Waals surface area (Å²) < 4.78 is 5.37. The minimum Gasteiger partial charge on any atom is -0.379 e. The summed E-state index contributed by atoms with van der Waals surface area (Å²) in [4.78, 5) is 14.1. The van der Waals surface area contributed by atoms with Crippen LogP contribution in [0.15, 0.2) is 24.3 Å². The SMILES string of the molecule is CC(C)C(=O)NCc1ccccc1CN1CCOCC1. The van der Waals surface area contributed by atoms with E-state index in [-0.39, 0.29) is 11.8 Å². The molecule has 0 aliphatic carbocycles. The fourth-order valence-corrected chi connectivity index (χ4v) is 2.27. The van der Waals surface area contributed by atoms with E-state index in [0.29, 0.717) is 6.54 Å². The molecule has 2 rings (SSSR count). The molecule has 1 heterocycles. The number of ether oxygens (including phenoxy) is 1. The number of nitrogens with zero attached hydrogens (tertiary/aromatic N) is 1. The van der Waals surface area contributed by atoms with Gasteiger partial charge in [-0.3, -0.25) is 9.69 Å². The Balaban J connectivity index is 1.96. The number of carbonyl (C=O) groups excluding carboxylic acids is 1. The molecular weight excluding hydrogens is 252 g/mol. The van der Waals surface area contributed by atoms with Crippen molar-refractivity contribution in [2.75, 3.05) is 26.3 Å². The molecule has 1 aliphatic rings. The summed E-state index contributed by atoms with van der Waals surface area (Å²) in [5.74, 6) is 0.132. The first kappa shape index (κ1) is 15.0. The number of rotatable bonds is 5. The van der Waals surface area contributed by atoms with Crippen molar-refractivity contribution in [2.24, 2.45) is 5.92 Å². The van der Waals surface area contributed by atoms with Crippen LogP contribution in [0, 0.1) is 5.92 Å². The van der Waals surface area contributed by atoms with Crippen molar-refractivity contribution in [2.45, 2.75) is 26.9 Å². The van der Waals surface area contributed by atoms with Gasteiger partial charge in [0, 0.05) is 32.1 Å². The van der Waals surface area contributed by atoms with Crippen molar-refractivity contribution in [1.29, 1.82) is 0 Å². The van der Waals surface area contributed by atoms with Gasteiger partial charge in [-0.05, 0) is 11.1 Å². The summed E-state index contributed by atoms with van der Waals surface area (Å²) in [6, 6.07) is 8.33. The largest absolute Gasteiger partial charge is 0.379 e. The van der Waals surface area contributed by atoms with Gasteiger partial charge in [0.05, 0.1) is 13.2 Å². The summed E-state index contributed by atoms with van der Waals surface area (Å²) in [6.45, 7) is 8.94. The summed E-state index contributed by atoms with van der Waals surface area (Å²) in [6.07, 6.45) is 0. The molecule has 20 heavy (non-hydrogen) atoms. The third kappa shape index (κ3) is 4.32. The quantitative estimate of drug-likeness (QED) is 0.891. The standard InChI is InChI=1S/C16H24N2O2/c1-13(2)16(19)17-11-14-5-3-4-6-15(14)12-18-7-9-20-10-8-18/h3-6,13H,7-12H2,1-2H3,(H,17,19). The molecule has 1 aromatic carbocycles. The lowest BCUT2D eigenvalue weighted by molar-refractivity contribution is -0.124. The van der Waals surface area contributed by atoms with Crippen LogP contribution >= 0.6 is 0 Å². The van der Waals surface area contributed by atoms with Crippen LogP contribution in [-0.2, 0) is 22.6 Å². The van der Waals surface area contributed by atoms with Gasteiger partial charge in [-0.2, -0.15) is 0 Å². The third-order valence-corrected chi connectivity index (χ3v) is 3.59. The minimum absolute atomic E-state index is 0.0291. The van der Waals surface area contributed by atoms with E-state index in [1.54, 1.807) is 0 Å². The van der Waals surface area contributed by atoms with Crippen molar-refractivity contribution in [1.82, 2.24) is 10.2 Å². The molecule has 1 fully saturated rings. The topological polar surface area (TPSA) is 41.6 Å². The zero-order chi connectivity index (χ0) is 14.4. The lowest BCUT2D eigenvalue weighted by Gasteiger charge is -2.27. The molecule has 110 valence electrons. The molecule has 1 saturated heterocycles. The average Bonchev–Trinajstić information content (AvgIpc) is 2.47. The highest BCUT2D eigenvalue weighted by Crippen LogP contribution is 2.13. The van der Waals surface area contributed by atoms with Crippen LogP contribution in [0.2, 0.25) is 0 Å². The smallest absolute Gasteiger partial charge is 0.222 e. The first-order chi connectivity index (χ1) is 9.66. The van der Waals surface area contributed by atoms with E-state index in [9.17, 15) is 4.79 Å². The van der Waals surface area contributed by atoms with E-state index in [2.05, 4.69) is 28.4 Å². The summed E-state index contributed by atoms with van der Waals surface area (Å²) in [7, 11) is 0. The van der Waals surface area contributed by atoms with Gasteiger partial charge >= 0.3 is 0 Å². The van der Waals surface area contributed by atoms with Crippen LogP contribution in [0.3, 0.4) is 0 Å². The summed E-state index contributed by atoms with van der Waals surface area (Å²) in [5.41, 5.74) is 2.49. The lowest BCUT2D eigenvalue weighted by Crippen LogP contribution is -2.36. The van der Waals surface area contributed by atoms with Crippen LogP contribution in [0.25, 0.3) is 0 Å². The average molecular weight is 276 g/mol. The summed E-state index contributed by atoms with van der Waals surface area (Å²) >= 11 is 0. The second kappa shape index (κ2) is 7.41. The predicted molar refractivity (Wildman–Crippen MR) is 79.2 cm³/mol. The maximum atomic E-state index is 11.7. The molecule has 0 spiro atoms. The van der Waals surface area contributed by atoms with Crippen molar-refractivity contribution in [3.05, 3.63) is 35.4 Å². The fraction of sp³-hybridized carbons (Fsp3) is 0.562. The van der Waals surface area contributed by atoms with Crippen LogP contribution in [0.5, 0.6) is 0 Å². The minimum atomic E-state index is 0.0291. The number of benzene rings is 1. The van der Waals surface area contributed by atoms with Gasteiger partial charge in [-0.1, -0.05) is 38.1 Å². The van der Waals surface area contributed by atoms with E-state index < -0.39 is 0 Å². The second-order valence-corrected chi connectivity index (χ2v) is 5.53. The van der Waals surface area contributed by atoms with Gasteiger partial charge in [0.15, 0.2) is 0 Å². The summed E-state index contributed by atoms with van der Waals surface area (Å²) in [5, 5.41) is 2.99. The number of morpholine rings is 1. The van der Waals surface area contributed by atoms with Crippen molar-refractivity contribution >= 4 is 5.91 Å². The van der Waals surface area contributed by atoms with E-state index in [1.807, 2.05) is 19.9 Å². The molecule has 0 aromatic heterocycles. The van der Waals surface area contributed by atoms with Gasteiger partial charge in [-0.15, -0.1) is 0 Å². The molecule has 4 nitrogen and oxygen atoms in total.